The van der Waals surface area contributed by atoms with Crippen molar-refractivity contribution in [3.63, 3.8) is 0 Å². The predicted molar refractivity (Wildman–Crippen MR) is 83.6 cm³/mol. The van der Waals surface area contributed by atoms with Crippen LogP contribution in [0.5, 0.6) is 5.75 Å². The summed E-state index contributed by atoms with van der Waals surface area (Å²) in [6, 6.07) is 8.08. The molecule has 19 heavy (non-hydrogen) atoms. The van der Waals surface area contributed by atoms with E-state index in [1.807, 2.05) is 24.3 Å². The zero-order chi connectivity index (χ0) is 13.7. The Labute approximate surface area is 125 Å². The molecule has 1 unspecified atom stereocenters. The molecule has 1 fully saturated rings. The first-order chi connectivity index (χ1) is 9.14. The summed E-state index contributed by atoms with van der Waals surface area (Å²) in [6.45, 7) is 7.54. The summed E-state index contributed by atoms with van der Waals surface area (Å²) < 4.78 is 6.96. The lowest BCUT2D eigenvalue weighted by Gasteiger charge is -2.30. The molecule has 0 bridgehead atoms. The third kappa shape index (κ3) is 4.50. The van der Waals surface area contributed by atoms with E-state index in [9.17, 15) is 0 Å². The Bertz CT molecular complexity index is 388. The predicted octanol–water partition coefficient (Wildman–Crippen LogP) is 4.24. The van der Waals surface area contributed by atoms with Gasteiger partial charge >= 0.3 is 0 Å². The zero-order valence-electron chi connectivity index (χ0n) is 11.9. The Morgan fingerprint density at radius 2 is 2.00 bits per heavy atom. The first-order valence-corrected chi connectivity index (χ1v) is 8.02. The van der Waals surface area contributed by atoms with Gasteiger partial charge < -0.3 is 10.1 Å². The van der Waals surface area contributed by atoms with Gasteiger partial charge in [0.1, 0.15) is 5.75 Å². The smallest absolute Gasteiger partial charge is 0.119 e. The maximum absolute atomic E-state index is 5.87. The summed E-state index contributed by atoms with van der Waals surface area (Å²) in [5, 5.41) is 3.50. The van der Waals surface area contributed by atoms with Gasteiger partial charge in [0.2, 0.25) is 0 Å². The molecule has 2 rings (SSSR count). The van der Waals surface area contributed by atoms with Gasteiger partial charge in [0.25, 0.3) is 0 Å². The van der Waals surface area contributed by atoms with Crippen molar-refractivity contribution in [2.45, 2.75) is 33.1 Å². The van der Waals surface area contributed by atoms with Crippen LogP contribution in [0, 0.1) is 11.3 Å². The molecule has 0 amide bonds. The van der Waals surface area contributed by atoms with Gasteiger partial charge in [-0.3, -0.25) is 0 Å². The minimum Gasteiger partial charge on any atom is -0.494 e. The van der Waals surface area contributed by atoms with Gasteiger partial charge in [-0.2, -0.15) is 0 Å². The summed E-state index contributed by atoms with van der Waals surface area (Å²) >= 11 is 3.44. The molecule has 1 aliphatic rings. The molecule has 0 saturated heterocycles. The van der Waals surface area contributed by atoms with E-state index in [0.717, 1.165) is 42.3 Å². The highest BCUT2D eigenvalue weighted by molar-refractivity contribution is 9.10. The van der Waals surface area contributed by atoms with Crippen LogP contribution in [0.3, 0.4) is 0 Å². The maximum Gasteiger partial charge on any atom is 0.119 e. The van der Waals surface area contributed by atoms with Crippen molar-refractivity contribution in [1.29, 1.82) is 0 Å². The van der Waals surface area contributed by atoms with Crippen LogP contribution in [-0.4, -0.2) is 19.7 Å². The molecule has 0 radical (unpaired) electrons. The van der Waals surface area contributed by atoms with Crippen LogP contribution >= 0.6 is 15.9 Å². The lowest BCUT2D eigenvalue weighted by Crippen LogP contribution is -2.35. The Balaban J connectivity index is 1.80. The second-order valence-electron chi connectivity index (χ2n) is 5.76. The number of ether oxygens (including phenoxy) is 1. The third-order valence-corrected chi connectivity index (χ3v) is 4.63. The van der Waals surface area contributed by atoms with E-state index in [4.69, 9.17) is 4.74 Å². The normalized spacial score (nSPS) is 18.1. The van der Waals surface area contributed by atoms with Crippen LogP contribution in [0.2, 0.25) is 0 Å². The van der Waals surface area contributed by atoms with Crippen molar-refractivity contribution < 1.29 is 4.74 Å². The molecular weight excluding hydrogens is 302 g/mol. The van der Waals surface area contributed by atoms with Crippen LogP contribution in [0.4, 0.5) is 0 Å². The molecule has 2 nitrogen and oxygen atoms in total. The minimum absolute atomic E-state index is 0.394. The van der Waals surface area contributed by atoms with Gasteiger partial charge in [-0.15, -0.1) is 0 Å². The second-order valence-corrected chi connectivity index (χ2v) is 6.68. The monoisotopic (exact) mass is 325 g/mol. The summed E-state index contributed by atoms with van der Waals surface area (Å²) in [6.07, 6.45) is 3.90. The van der Waals surface area contributed by atoms with Crippen molar-refractivity contribution in [1.82, 2.24) is 5.32 Å². The maximum atomic E-state index is 5.87. The lowest BCUT2D eigenvalue weighted by atomic mass is 9.81. The first kappa shape index (κ1) is 14.9. The van der Waals surface area contributed by atoms with Crippen molar-refractivity contribution >= 4 is 15.9 Å². The Hall–Kier alpha value is -0.540. The van der Waals surface area contributed by atoms with Crippen molar-refractivity contribution in [3.8, 4) is 5.75 Å². The quantitative estimate of drug-likeness (QED) is 0.771. The van der Waals surface area contributed by atoms with Gasteiger partial charge in [0.05, 0.1) is 6.61 Å². The highest BCUT2D eigenvalue weighted by Crippen LogP contribution is 2.47. The molecule has 0 aliphatic heterocycles. The number of hydrogen-bond acceptors (Lipinski definition) is 2. The number of rotatable bonds is 8. The van der Waals surface area contributed by atoms with Crippen molar-refractivity contribution in [3.05, 3.63) is 28.7 Å². The van der Waals surface area contributed by atoms with E-state index in [1.54, 1.807) is 0 Å². The number of nitrogens with one attached hydrogen (secondary N) is 1. The lowest BCUT2D eigenvalue weighted by molar-refractivity contribution is 0.181. The average molecular weight is 326 g/mol. The SMILES string of the molecule is CCNCC(C)(CCOc1ccc(Br)cc1)C1CC1. The van der Waals surface area contributed by atoms with Gasteiger partial charge in [-0.1, -0.05) is 29.8 Å². The van der Waals surface area contributed by atoms with Crippen LogP contribution < -0.4 is 10.1 Å². The van der Waals surface area contributed by atoms with Gasteiger partial charge in [-0.05, 0) is 61.4 Å². The molecule has 1 aliphatic carbocycles. The average Bonchev–Trinajstić information content (AvgIpc) is 3.23. The highest BCUT2D eigenvalue weighted by atomic mass is 79.9. The van der Waals surface area contributed by atoms with Crippen LogP contribution in [0.25, 0.3) is 0 Å². The fraction of sp³-hybridized carbons (Fsp3) is 0.625. The molecular formula is C16H24BrNO. The van der Waals surface area contributed by atoms with Crippen molar-refractivity contribution in [2.75, 3.05) is 19.7 Å². The van der Waals surface area contributed by atoms with Crippen LogP contribution in [0.15, 0.2) is 28.7 Å². The Morgan fingerprint density at radius 1 is 1.32 bits per heavy atom. The van der Waals surface area contributed by atoms with E-state index in [0.29, 0.717) is 5.41 Å². The molecule has 1 saturated carbocycles. The van der Waals surface area contributed by atoms with E-state index >= 15 is 0 Å². The molecule has 0 aromatic heterocycles. The zero-order valence-corrected chi connectivity index (χ0v) is 13.5. The molecule has 3 heteroatoms. The fourth-order valence-electron chi connectivity index (χ4n) is 2.56. The second kappa shape index (κ2) is 6.76. The van der Waals surface area contributed by atoms with E-state index in [-0.39, 0.29) is 0 Å². The van der Waals surface area contributed by atoms with E-state index < -0.39 is 0 Å². The molecule has 1 aromatic rings. The Kier molecular flexibility index (Phi) is 5.28. The molecule has 1 aromatic carbocycles. The molecule has 0 spiro atoms. The van der Waals surface area contributed by atoms with E-state index in [2.05, 4.69) is 35.1 Å². The van der Waals surface area contributed by atoms with Crippen LogP contribution in [0.1, 0.15) is 33.1 Å². The summed E-state index contributed by atoms with van der Waals surface area (Å²) in [5.74, 6) is 1.85. The number of benzene rings is 1. The number of hydrogen-bond donors (Lipinski definition) is 1. The highest BCUT2D eigenvalue weighted by Gasteiger charge is 2.40. The van der Waals surface area contributed by atoms with Crippen LogP contribution in [-0.2, 0) is 0 Å². The van der Waals surface area contributed by atoms with Gasteiger partial charge in [-0.25, -0.2) is 0 Å². The third-order valence-electron chi connectivity index (χ3n) is 4.10. The summed E-state index contributed by atoms with van der Waals surface area (Å²) in [5.41, 5.74) is 0.394. The van der Waals surface area contributed by atoms with E-state index in [1.165, 1.54) is 12.8 Å². The molecule has 1 atom stereocenters. The topological polar surface area (TPSA) is 21.3 Å². The number of halogens is 1. The Morgan fingerprint density at radius 3 is 2.58 bits per heavy atom. The molecule has 106 valence electrons. The van der Waals surface area contributed by atoms with Gasteiger partial charge in [0.15, 0.2) is 0 Å². The summed E-state index contributed by atoms with van der Waals surface area (Å²) in [4.78, 5) is 0. The summed E-state index contributed by atoms with van der Waals surface area (Å²) in [7, 11) is 0. The molecule has 0 heterocycles. The first-order valence-electron chi connectivity index (χ1n) is 7.23. The minimum atomic E-state index is 0.394. The van der Waals surface area contributed by atoms with Gasteiger partial charge in [0, 0.05) is 11.0 Å². The fourth-order valence-corrected chi connectivity index (χ4v) is 2.82. The van der Waals surface area contributed by atoms with Crippen molar-refractivity contribution in [2.24, 2.45) is 11.3 Å². The largest absolute Gasteiger partial charge is 0.494 e. The standard InChI is InChI=1S/C16H24BrNO/c1-3-18-12-16(2,13-4-5-13)10-11-19-15-8-6-14(17)7-9-15/h6-9,13,18H,3-5,10-12H2,1-2H3. The molecule has 1 N–H and O–H groups in total.